The maximum Gasteiger partial charge on any atom is 0.270 e. The number of nitriles is 1. The molecule has 3 aromatic rings. The van der Waals surface area contributed by atoms with Crippen LogP contribution in [0.1, 0.15) is 16.9 Å². The number of nitro groups is 1. The summed E-state index contributed by atoms with van der Waals surface area (Å²) in [5.74, 6) is 0.288. The predicted molar refractivity (Wildman–Crippen MR) is 95.4 cm³/mol. The molecular formula is C20H13FN2O3. The van der Waals surface area contributed by atoms with E-state index >= 15 is 0 Å². The van der Waals surface area contributed by atoms with Gasteiger partial charge in [0.25, 0.3) is 5.69 Å². The van der Waals surface area contributed by atoms with Gasteiger partial charge in [0.05, 0.1) is 16.6 Å². The van der Waals surface area contributed by atoms with Gasteiger partial charge in [-0.05, 0) is 36.8 Å². The number of hydrogen-bond acceptors (Lipinski definition) is 4. The molecule has 128 valence electrons. The van der Waals surface area contributed by atoms with Crippen LogP contribution in [-0.4, -0.2) is 4.92 Å². The maximum absolute atomic E-state index is 13.9. The van der Waals surface area contributed by atoms with Crippen molar-refractivity contribution in [2.45, 2.75) is 6.92 Å². The van der Waals surface area contributed by atoms with E-state index in [9.17, 15) is 19.8 Å². The third-order valence-electron chi connectivity index (χ3n) is 3.90. The lowest BCUT2D eigenvalue weighted by Gasteiger charge is -2.02. The van der Waals surface area contributed by atoms with Gasteiger partial charge in [0.15, 0.2) is 0 Å². The van der Waals surface area contributed by atoms with Gasteiger partial charge in [0.1, 0.15) is 17.3 Å². The SMILES string of the molecule is Cc1ccc([N+](=O)[O-])cc1-c1ccc(/C=C(/C#N)c2ccccc2F)o1. The Labute approximate surface area is 148 Å². The Morgan fingerprint density at radius 3 is 2.69 bits per heavy atom. The highest BCUT2D eigenvalue weighted by molar-refractivity contribution is 5.89. The monoisotopic (exact) mass is 348 g/mol. The first-order valence-corrected chi connectivity index (χ1v) is 7.71. The van der Waals surface area contributed by atoms with Crippen molar-refractivity contribution in [3.8, 4) is 17.4 Å². The molecule has 0 fully saturated rings. The molecule has 0 saturated carbocycles. The molecule has 3 rings (SSSR count). The summed E-state index contributed by atoms with van der Waals surface area (Å²) in [7, 11) is 0. The van der Waals surface area contributed by atoms with Crippen molar-refractivity contribution in [3.05, 3.63) is 87.4 Å². The third-order valence-corrected chi connectivity index (χ3v) is 3.90. The quantitative estimate of drug-likeness (QED) is 0.361. The largest absolute Gasteiger partial charge is 0.457 e. The van der Waals surface area contributed by atoms with Gasteiger partial charge in [-0.15, -0.1) is 0 Å². The number of benzene rings is 2. The van der Waals surface area contributed by atoms with Crippen molar-refractivity contribution in [2.75, 3.05) is 0 Å². The van der Waals surface area contributed by atoms with Gasteiger partial charge in [0, 0.05) is 23.3 Å². The van der Waals surface area contributed by atoms with E-state index in [1.807, 2.05) is 13.0 Å². The summed E-state index contributed by atoms with van der Waals surface area (Å²) < 4.78 is 19.6. The third kappa shape index (κ3) is 3.37. The maximum atomic E-state index is 13.9. The van der Waals surface area contributed by atoms with Crippen LogP contribution in [0.3, 0.4) is 0 Å². The summed E-state index contributed by atoms with van der Waals surface area (Å²) in [5, 5.41) is 20.3. The summed E-state index contributed by atoms with van der Waals surface area (Å²) in [4.78, 5) is 10.5. The molecule has 0 radical (unpaired) electrons. The first kappa shape index (κ1) is 17.1. The van der Waals surface area contributed by atoms with Crippen LogP contribution >= 0.6 is 0 Å². The summed E-state index contributed by atoms with van der Waals surface area (Å²) in [6.07, 6.45) is 1.44. The lowest BCUT2D eigenvalue weighted by molar-refractivity contribution is -0.384. The molecule has 0 spiro atoms. The molecule has 6 heteroatoms. The first-order chi connectivity index (χ1) is 12.5. The number of furan rings is 1. The highest BCUT2D eigenvalue weighted by atomic mass is 19.1. The second-order valence-electron chi connectivity index (χ2n) is 5.61. The minimum atomic E-state index is -0.499. The Bertz CT molecular complexity index is 1060. The number of rotatable bonds is 4. The van der Waals surface area contributed by atoms with Gasteiger partial charge < -0.3 is 4.42 Å². The molecule has 0 bridgehead atoms. The van der Waals surface area contributed by atoms with Gasteiger partial charge >= 0.3 is 0 Å². The summed E-state index contributed by atoms with van der Waals surface area (Å²) >= 11 is 0. The molecule has 0 amide bonds. The Hall–Kier alpha value is -3.72. The van der Waals surface area contributed by atoms with Gasteiger partial charge in [-0.1, -0.05) is 24.3 Å². The molecule has 0 aliphatic carbocycles. The van der Waals surface area contributed by atoms with Gasteiger partial charge in [-0.2, -0.15) is 5.26 Å². The summed E-state index contributed by atoms with van der Waals surface area (Å²) in [5.41, 5.74) is 1.67. The number of hydrogen-bond donors (Lipinski definition) is 0. The Balaban J connectivity index is 2.01. The number of halogens is 1. The molecule has 0 atom stereocenters. The minimum Gasteiger partial charge on any atom is -0.457 e. The van der Waals surface area contributed by atoms with Crippen LogP contribution in [0, 0.1) is 34.2 Å². The zero-order valence-electron chi connectivity index (χ0n) is 13.8. The fourth-order valence-electron chi connectivity index (χ4n) is 2.56. The number of non-ortho nitro benzene ring substituents is 1. The second kappa shape index (κ2) is 7.03. The lowest BCUT2D eigenvalue weighted by Crippen LogP contribution is -1.90. The van der Waals surface area contributed by atoms with Crippen LogP contribution < -0.4 is 0 Å². The summed E-state index contributed by atoms with van der Waals surface area (Å²) in [6.45, 7) is 1.82. The predicted octanol–water partition coefficient (Wildman–Crippen LogP) is 5.37. The minimum absolute atomic E-state index is 0.0387. The van der Waals surface area contributed by atoms with Gasteiger partial charge in [-0.3, -0.25) is 10.1 Å². The fraction of sp³-hybridized carbons (Fsp3) is 0.0500. The van der Waals surface area contributed by atoms with Crippen LogP contribution in [0.25, 0.3) is 23.0 Å². The second-order valence-corrected chi connectivity index (χ2v) is 5.61. The molecule has 0 aliphatic heterocycles. The van der Waals surface area contributed by atoms with E-state index in [2.05, 4.69) is 0 Å². The molecule has 5 nitrogen and oxygen atoms in total. The molecule has 26 heavy (non-hydrogen) atoms. The van der Waals surface area contributed by atoms with Crippen molar-refractivity contribution < 1.29 is 13.7 Å². The van der Waals surface area contributed by atoms with E-state index in [0.717, 1.165) is 5.56 Å². The Kier molecular flexibility index (Phi) is 4.63. The first-order valence-electron chi connectivity index (χ1n) is 7.71. The van der Waals surface area contributed by atoms with Gasteiger partial charge in [-0.25, -0.2) is 4.39 Å². The van der Waals surface area contributed by atoms with E-state index in [4.69, 9.17) is 4.42 Å². The molecular weight excluding hydrogens is 335 g/mol. The molecule has 0 N–H and O–H groups in total. The standard InChI is InChI=1S/C20H13FN2O3/c1-13-6-7-15(23(24)25)11-18(13)20-9-8-16(26-20)10-14(12-22)17-4-2-3-5-19(17)21/h2-11H,1H3/b14-10-. The molecule has 0 aliphatic rings. The number of nitrogens with zero attached hydrogens (tertiary/aromatic N) is 2. The molecule has 0 unspecified atom stereocenters. The smallest absolute Gasteiger partial charge is 0.270 e. The average molecular weight is 348 g/mol. The van der Waals surface area contributed by atoms with E-state index in [-0.39, 0.29) is 16.8 Å². The van der Waals surface area contributed by atoms with Crippen molar-refractivity contribution in [3.63, 3.8) is 0 Å². The highest BCUT2D eigenvalue weighted by Gasteiger charge is 2.14. The topological polar surface area (TPSA) is 80.1 Å². The number of nitro benzene ring substituents is 1. The Morgan fingerprint density at radius 1 is 1.23 bits per heavy atom. The lowest BCUT2D eigenvalue weighted by atomic mass is 10.1. The van der Waals surface area contributed by atoms with E-state index in [1.165, 1.54) is 30.3 Å². The normalized spacial score (nSPS) is 11.2. The van der Waals surface area contributed by atoms with Crippen molar-refractivity contribution >= 4 is 17.3 Å². The average Bonchev–Trinajstić information content (AvgIpc) is 3.09. The number of aryl methyl sites for hydroxylation is 1. The van der Waals surface area contributed by atoms with Crippen LogP contribution in [0.5, 0.6) is 0 Å². The Morgan fingerprint density at radius 2 is 2.00 bits per heavy atom. The molecule has 2 aromatic carbocycles. The summed E-state index contributed by atoms with van der Waals surface area (Å²) in [6, 6.07) is 15.7. The van der Waals surface area contributed by atoms with Crippen molar-refractivity contribution in [1.29, 1.82) is 5.26 Å². The van der Waals surface area contributed by atoms with Crippen LogP contribution in [-0.2, 0) is 0 Å². The van der Waals surface area contributed by atoms with Crippen molar-refractivity contribution in [2.24, 2.45) is 0 Å². The fourth-order valence-corrected chi connectivity index (χ4v) is 2.56. The highest BCUT2D eigenvalue weighted by Crippen LogP contribution is 2.30. The molecule has 0 saturated heterocycles. The van der Waals surface area contributed by atoms with E-state index in [1.54, 1.807) is 30.3 Å². The molecule has 1 aromatic heterocycles. The van der Waals surface area contributed by atoms with Crippen molar-refractivity contribution in [1.82, 2.24) is 0 Å². The van der Waals surface area contributed by atoms with Crippen LogP contribution in [0.4, 0.5) is 10.1 Å². The zero-order chi connectivity index (χ0) is 18.7. The van der Waals surface area contributed by atoms with E-state index < -0.39 is 10.7 Å². The van der Waals surface area contributed by atoms with E-state index in [0.29, 0.717) is 17.1 Å². The molecule has 1 heterocycles. The van der Waals surface area contributed by atoms with Gasteiger partial charge in [0.2, 0.25) is 0 Å². The number of allylic oxidation sites excluding steroid dienone is 1. The zero-order valence-corrected chi connectivity index (χ0v) is 13.8. The van der Waals surface area contributed by atoms with Crippen LogP contribution in [0.15, 0.2) is 59.0 Å². The van der Waals surface area contributed by atoms with Crippen LogP contribution in [0.2, 0.25) is 0 Å².